The van der Waals surface area contributed by atoms with Crippen molar-refractivity contribution in [1.82, 2.24) is 8.61 Å². The number of piperazine rings is 1. The third-order valence-electron chi connectivity index (χ3n) is 4.00. The first-order valence-corrected chi connectivity index (χ1v) is 10.8. The third kappa shape index (κ3) is 3.93. The van der Waals surface area contributed by atoms with Crippen molar-refractivity contribution >= 4 is 20.0 Å². The van der Waals surface area contributed by atoms with Crippen molar-refractivity contribution in [2.75, 3.05) is 31.9 Å². The molecular formula is C15H24N2O4S2. The molecule has 1 aromatic rings. The van der Waals surface area contributed by atoms with Crippen molar-refractivity contribution in [3.05, 3.63) is 29.3 Å². The second-order valence-corrected chi connectivity index (χ2v) is 9.88. The van der Waals surface area contributed by atoms with Gasteiger partial charge in [-0.2, -0.15) is 8.61 Å². The molecular weight excluding hydrogens is 336 g/mol. The number of hydrogen-bond donors (Lipinski definition) is 0. The smallest absolute Gasteiger partial charge is 0.212 e. The zero-order valence-corrected chi connectivity index (χ0v) is 15.5. The molecule has 0 amide bonds. The Labute approximate surface area is 139 Å². The maximum atomic E-state index is 12.8. The van der Waals surface area contributed by atoms with E-state index in [4.69, 9.17) is 0 Å². The largest absolute Gasteiger partial charge is 0.243 e. The van der Waals surface area contributed by atoms with Gasteiger partial charge in [0.2, 0.25) is 20.0 Å². The number of hydrogen-bond acceptors (Lipinski definition) is 4. The van der Waals surface area contributed by atoms with E-state index in [0.29, 0.717) is 16.9 Å². The number of benzene rings is 1. The molecule has 0 unspecified atom stereocenters. The molecule has 0 aliphatic carbocycles. The van der Waals surface area contributed by atoms with Crippen LogP contribution in [-0.4, -0.2) is 57.4 Å². The summed E-state index contributed by atoms with van der Waals surface area (Å²) < 4.78 is 52.4. The first kappa shape index (κ1) is 18.4. The minimum absolute atomic E-state index is 0.108. The molecule has 0 saturated carbocycles. The molecule has 130 valence electrons. The molecule has 1 aliphatic heterocycles. The van der Waals surface area contributed by atoms with Crippen LogP contribution in [0.5, 0.6) is 0 Å². The average Bonchev–Trinajstić information content (AvgIpc) is 2.47. The first-order chi connectivity index (χ1) is 10.7. The summed E-state index contributed by atoms with van der Waals surface area (Å²) in [5.41, 5.74) is 1.72. The molecule has 0 aromatic heterocycles. The van der Waals surface area contributed by atoms with Gasteiger partial charge in [0.25, 0.3) is 0 Å². The Morgan fingerprint density at radius 1 is 0.957 bits per heavy atom. The van der Waals surface area contributed by atoms with Crippen LogP contribution in [0.1, 0.15) is 24.5 Å². The number of aryl methyl sites for hydroxylation is 2. The summed E-state index contributed by atoms with van der Waals surface area (Å²) in [5, 5.41) is 0. The minimum Gasteiger partial charge on any atom is -0.212 e. The predicted octanol–water partition coefficient (Wildman–Crippen LogP) is 1.35. The van der Waals surface area contributed by atoms with E-state index in [9.17, 15) is 16.8 Å². The summed E-state index contributed by atoms with van der Waals surface area (Å²) in [6.07, 6.45) is 0.559. The van der Waals surface area contributed by atoms with Crippen molar-refractivity contribution in [3.8, 4) is 0 Å². The van der Waals surface area contributed by atoms with Crippen molar-refractivity contribution in [1.29, 1.82) is 0 Å². The van der Waals surface area contributed by atoms with Gasteiger partial charge in [0.1, 0.15) is 0 Å². The van der Waals surface area contributed by atoms with E-state index in [1.807, 2.05) is 19.9 Å². The van der Waals surface area contributed by atoms with E-state index in [1.54, 1.807) is 19.1 Å². The molecule has 2 rings (SSSR count). The topological polar surface area (TPSA) is 74.8 Å². The van der Waals surface area contributed by atoms with Crippen LogP contribution in [0.3, 0.4) is 0 Å². The maximum Gasteiger partial charge on any atom is 0.243 e. The second-order valence-electron chi connectivity index (χ2n) is 5.89. The standard InChI is InChI=1S/C15H24N2O4S2/c1-4-11-22(18,19)16-7-9-17(10-8-16)23(20,21)15-6-5-13(2)12-14(15)3/h5-6,12H,4,7-11H2,1-3H3. The van der Waals surface area contributed by atoms with Crippen LogP contribution in [0.15, 0.2) is 23.1 Å². The van der Waals surface area contributed by atoms with E-state index in [0.717, 1.165) is 5.56 Å². The van der Waals surface area contributed by atoms with Crippen LogP contribution < -0.4 is 0 Å². The molecule has 1 heterocycles. The molecule has 0 radical (unpaired) electrons. The van der Waals surface area contributed by atoms with E-state index in [-0.39, 0.29) is 31.9 Å². The minimum atomic E-state index is -3.58. The lowest BCUT2D eigenvalue weighted by atomic mass is 10.2. The third-order valence-corrected chi connectivity index (χ3v) is 8.14. The van der Waals surface area contributed by atoms with Gasteiger partial charge in [-0.05, 0) is 31.9 Å². The lowest BCUT2D eigenvalue weighted by Crippen LogP contribution is -2.50. The fraction of sp³-hybridized carbons (Fsp3) is 0.600. The second kappa shape index (κ2) is 6.88. The Morgan fingerprint density at radius 3 is 2.04 bits per heavy atom. The van der Waals surface area contributed by atoms with Crippen molar-refractivity contribution in [2.45, 2.75) is 32.1 Å². The Kier molecular flexibility index (Phi) is 5.50. The van der Waals surface area contributed by atoms with E-state index >= 15 is 0 Å². The van der Waals surface area contributed by atoms with Gasteiger partial charge in [0, 0.05) is 26.2 Å². The highest BCUT2D eigenvalue weighted by atomic mass is 32.2. The van der Waals surface area contributed by atoms with Crippen molar-refractivity contribution in [2.24, 2.45) is 0 Å². The van der Waals surface area contributed by atoms with Gasteiger partial charge in [-0.15, -0.1) is 0 Å². The fourth-order valence-corrected chi connectivity index (χ4v) is 5.92. The maximum absolute atomic E-state index is 12.8. The van der Waals surface area contributed by atoms with Gasteiger partial charge in [-0.1, -0.05) is 24.6 Å². The Morgan fingerprint density at radius 2 is 1.52 bits per heavy atom. The van der Waals surface area contributed by atoms with Crippen molar-refractivity contribution < 1.29 is 16.8 Å². The average molecular weight is 361 g/mol. The van der Waals surface area contributed by atoms with Crippen LogP contribution in [-0.2, 0) is 20.0 Å². The molecule has 0 atom stereocenters. The van der Waals surface area contributed by atoms with E-state index in [2.05, 4.69) is 0 Å². The van der Waals surface area contributed by atoms with Gasteiger partial charge in [-0.3, -0.25) is 0 Å². The molecule has 1 saturated heterocycles. The highest BCUT2D eigenvalue weighted by molar-refractivity contribution is 7.89. The Hall–Kier alpha value is -0.960. The SMILES string of the molecule is CCCS(=O)(=O)N1CCN(S(=O)(=O)c2ccc(C)cc2C)CC1. The van der Waals surface area contributed by atoms with Gasteiger partial charge in [0.05, 0.1) is 10.6 Å². The van der Waals surface area contributed by atoms with Crippen LogP contribution in [0.25, 0.3) is 0 Å². The molecule has 0 bridgehead atoms. The van der Waals surface area contributed by atoms with Crippen LogP contribution in [0.2, 0.25) is 0 Å². The van der Waals surface area contributed by atoms with E-state index < -0.39 is 20.0 Å². The first-order valence-electron chi connectivity index (χ1n) is 7.73. The summed E-state index contributed by atoms with van der Waals surface area (Å²) in [4.78, 5) is 0.299. The van der Waals surface area contributed by atoms with Crippen LogP contribution >= 0.6 is 0 Å². The fourth-order valence-electron chi connectivity index (χ4n) is 2.80. The van der Waals surface area contributed by atoms with Crippen LogP contribution in [0, 0.1) is 13.8 Å². The lowest BCUT2D eigenvalue weighted by Gasteiger charge is -2.33. The van der Waals surface area contributed by atoms with E-state index in [1.165, 1.54) is 8.61 Å². The highest BCUT2D eigenvalue weighted by Crippen LogP contribution is 2.22. The molecule has 6 nitrogen and oxygen atoms in total. The zero-order valence-electron chi connectivity index (χ0n) is 13.8. The van der Waals surface area contributed by atoms with Crippen molar-refractivity contribution in [3.63, 3.8) is 0 Å². The molecule has 23 heavy (non-hydrogen) atoms. The molecule has 0 spiro atoms. The summed E-state index contributed by atoms with van der Waals surface area (Å²) in [6, 6.07) is 5.25. The monoisotopic (exact) mass is 360 g/mol. The van der Waals surface area contributed by atoms with Gasteiger partial charge in [-0.25, -0.2) is 16.8 Å². The highest BCUT2D eigenvalue weighted by Gasteiger charge is 2.33. The summed E-state index contributed by atoms with van der Waals surface area (Å²) in [5.74, 6) is 0.108. The Balaban J connectivity index is 2.16. The summed E-state index contributed by atoms with van der Waals surface area (Å²) >= 11 is 0. The number of sulfonamides is 2. The predicted molar refractivity (Wildman–Crippen MR) is 90.3 cm³/mol. The molecule has 1 aliphatic rings. The molecule has 0 N–H and O–H groups in total. The normalized spacial score (nSPS) is 18.2. The molecule has 1 aromatic carbocycles. The van der Waals surface area contributed by atoms with Gasteiger partial charge in [0.15, 0.2) is 0 Å². The van der Waals surface area contributed by atoms with Gasteiger partial charge < -0.3 is 0 Å². The molecule has 8 heteroatoms. The summed E-state index contributed by atoms with van der Waals surface area (Å²) in [6.45, 7) is 6.33. The van der Waals surface area contributed by atoms with Gasteiger partial charge >= 0.3 is 0 Å². The zero-order chi connectivity index (χ0) is 17.3. The number of rotatable bonds is 5. The van der Waals surface area contributed by atoms with Crippen LogP contribution in [0.4, 0.5) is 0 Å². The number of nitrogens with zero attached hydrogens (tertiary/aromatic N) is 2. The Bertz CT molecular complexity index is 765. The quantitative estimate of drug-likeness (QED) is 0.794. The lowest BCUT2D eigenvalue weighted by molar-refractivity contribution is 0.272. The summed E-state index contributed by atoms with van der Waals surface area (Å²) in [7, 11) is -6.85. The molecule has 1 fully saturated rings.